The summed E-state index contributed by atoms with van der Waals surface area (Å²) in [6, 6.07) is -3.90. The van der Waals surface area contributed by atoms with Crippen LogP contribution in [0.1, 0.15) is 81.1 Å². The number of amides is 5. The second-order valence-electron chi connectivity index (χ2n) is 16.9. The van der Waals surface area contributed by atoms with E-state index in [2.05, 4.69) is 29.8 Å². The molecule has 0 aromatic carbocycles. The predicted octanol–water partition coefficient (Wildman–Crippen LogP) is 0.611. The highest BCUT2D eigenvalue weighted by molar-refractivity contribution is 7.87. The number of carbonyl (C=O) groups excluding carboxylic acids is 4. The molecule has 4 fully saturated rings. The number of nitrogens with zero attached hydrogens (tertiary/aromatic N) is 3. The number of aliphatic hydroxyl groups excluding tert-OH is 1. The standard InChI is InChI=1S/C32H57N7O7S/c1-30(2,3)21(17-38-14-13-37(9)47(38,45)46)35-29(44)36-25(31(4,5)6)28(43)39-16-19-22(32(19,7)8)23(39)27(42)34-20(24(40)26(33)41)15-18-11-10-12-18/h18-25,40H,10-17H2,1-9H3,(H2,33,41)(H,34,42)(H2,35,36,44)/t19-,20?,21+,22-,23-,24?,25+/m0/s1. The Bertz CT molecular complexity index is 1340. The van der Waals surface area contributed by atoms with Gasteiger partial charge in [0.15, 0.2) is 6.10 Å². The predicted molar refractivity (Wildman–Crippen MR) is 177 cm³/mol. The second-order valence-corrected chi connectivity index (χ2v) is 18.9. The van der Waals surface area contributed by atoms with Crippen LogP contribution in [-0.4, -0.2) is 114 Å². The fourth-order valence-corrected chi connectivity index (χ4v) is 8.74. The number of aliphatic hydroxyl groups is 1. The largest absolute Gasteiger partial charge is 0.381 e. The summed E-state index contributed by atoms with van der Waals surface area (Å²) in [6.07, 6.45) is 1.83. The number of urea groups is 1. The van der Waals surface area contributed by atoms with Gasteiger partial charge in [0.2, 0.25) is 17.7 Å². The van der Waals surface area contributed by atoms with Gasteiger partial charge in [0, 0.05) is 39.3 Å². The lowest BCUT2D eigenvalue weighted by atomic mass is 9.79. The van der Waals surface area contributed by atoms with Gasteiger partial charge in [-0.1, -0.05) is 74.7 Å². The number of carbonyl (C=O) groups is 4. The summed E-state index contributed by atoms with van der Waals surface area (Å²) in [7, 11) is -2.10. The number of nitrogens with two attached hydrogens (primary N) is 1. The van der Waals surface area contributed by atoms with E-state index in [9.17, 15) is 32.7 Å². The zero-order valence-corrected chi connectivity index (χ0v) is 30.3. The minimum absolute atomic E-state index is 0.0731. The maximum atomic E-state index is 14.4. The molecule has 47 heavy (non-hydrogen) atoms. The zero-order chi connectivity index (χ0) is 35.4. The third-order valence-electron chi connectivity index (χ3n) is 11.1. The van der Waals surface area contributed by atoms with E-state index < -0.39 is 75.1 Å². The molecule has 5 amide bonds. The van der Waals surface area contributed by atoms with Crippen LogP contribution in [0.15, 0.2) is 0 Å². The lowest BCUT2D eigenvalue weighted by Gasteiger charge is -2.39. The van der Waals surface area contributed by atoms with Crippen LogP contribution in [0.2, 0.25) is 0 Å². The van der Waals surface area contributed by atoms with Crippen molar-refractivity contribution in [3.05, 3.63) is 0 Å². The van der Waals surface area contributed by atoms with E-state index in [4.69, 9.17) is 5.73 Å². The number of primary amides is 1. The van der Waals surface area contributed by atoms with Crippen molar-refractivity contribution in [3.8, 4) is 0 Å². The number of nitrogens with one attached hydrogen (secondary N) is 3. The molecule has 2 aliphatic carbocycles. The number of rotatable bonds is 11. The zero-order valence-electron chi connectivity index (χ0n) is 29.5. The van der Waals surface area contributed by atoms with Crippen molar-refractivity contribution in [1.82, 2.24) is 29.5 Å². The van der Waals surface area contributed by atoms with Gasteiger partial charge in [0.05, 0.1) is 6.04 Å². The van der Waals surface area contributed by atoms with Gasteiger partial charge in [-0.05, 0) is 40.4 Å². The molecule has 0 spiro atoms. The lowest BCUT2D eigenvalue weighted by Crippen LogP contribution is -2.63. The third kappa shape index (κ3) is 7.73. The number of likely N-dealkylation sites (N-methyl/N-ethyl adjacent to an activating group) is 1. The van der Waals surface area contributed by atoms with Gasteiger partial charge < -0.3 is 31.7 Å². The normalized spacial score (nSPS) is 28.4. The Morgan fingerprint density at radius 2 is 1.60 bits per heavy atom. The van der Waals surface area contributed by atoms with Crippen molar-refractivity contribution >= 4 is 34.0 Å². The maximum absolute atomic E-state index is 14.4. The van der Waals surface area contributed by atoms with Crippen LogP contribution < -0.4 is 21.7 Å². The molecule has 7 atom stereocenters. The first kappa shape index (κ1) is 37.3. The van der Waals surface area contributed by atoms with E-state index in [-0.39, 0.29) is 29.7 Å². The summed E-state index contributed by atoms with van der Waals surface area (Å²) < 4.78 is 28.1. The smallest absolute Gasteiger partial charge is 0.315 e. The second kappa shape index (κ2) is 13.1. The lowest BCUT2D eigenvalue weighted by molar-refractivity contribution is -0.144. The Morgan fingerprint density at radius 1 is 0.979 bits per heavy atom. The minimum atomic E-state index is -3.62. The van der Waals surface area contributed by atoms with Crippen molar-refractivity contribution in [1.29, 1.82) is 0 Å². The molecule has 2 saturated carbocycles. The molecule has 0 aromatic heterocycles. The van der Waals surface area contributed by atoms with Gasteiger partial charge in [0.1, 0.15) is 12.1 Å². The molecule has 0 bridgehead atoms. The number of likely N-dealkylation sites (tertiary alicyclic amines) is 1. The SMILES string of the molecule is CN1CCN(C[C@@H](NC(=O)N[C@H](C(=O)N2C[C@H]3[C@@H]([C@H]2C(=O)NC(CC2CCC2)C(O)C(N)=O)C3(C)C)C(C)(C)C)C(C)(C)C)S1(=O)=O. The van der Waals surface area contributed by atoms with Crippen LogP contribution in [0.4, 0.5) is 4.79 Å². The molecule has 0 aromatic rings. The maximum Gasteiger partial charge on any atom is 0.315 e. The Labute approximate surface area is 280 Å². The van der Waals surface area contributed by atoms with Crippen LogP contribution in [0.3, 0.4) is 0 Å². The molecule has 2 aliphatic heterocycles. The van der Waals surface area contributed by atoms with Crippen LogP contribution in [0.25, 0.3) is 0 Å². The molecule has 4 rings (SSSR count). The van der Waals surface area contributed by atoms with Gasteiger partial charge in [0.25, 0.3) is 10.2 Å². The molecule has 15 heteroatoms. The summed E-state index contributed by atoms with van der Waals surface area (Å²) in [5.74, 6) is -1.53. The quantitative estimate of drug-likeness (QED) is 0.211. The number of hydrogen-bond acceptors (Lipinski definition) is 7. The van der Waals surface area contributed by atoms with E-state index in [1.807, 2.05) is 41.5 Å². The topological polar surface area (TPSA) is 194 Å². The molecule has 2 unspecified atom stereocenters. The monoisotopic (exact) mass is 683 g/mol. The van der Waals surface area contributed by atoms with Gasteiger partial charge in [-0.3, -0.25) is 14.4 Å². The highest BCUT2D eigenvalue weighted by Crippen LogP contribution is 2.65. The molecule has 268 valence electrons. The van der Waals surface area contributed by atoms with E-state index in [0.717, 1.165) is 19.3 Å². The van der Waals surface area contributed by atoms with Crippen molar-refractivity contribution in [2.45, 2.75) is 111 Å². The van der Waals surface area contributed by atoms with Crippen LogP contribution in [0.5, 0.6) is 0 Å². The summed E-state index contributed by atoms with van der Waals surface area (Å²) >= 11 is 0. The average molecular weight is 684 g/mol. The highest BCUT2D eigenvalue weighted by atomic mass is 32.2. The van der Waals surface area contributed by atoms with Crippen molar-refractivity contribution in [3.63, 3.8) is 0 Å². The molecule has 4 aliphatic rings. The summed E-state index contributed by atoms with van der Waals surface area (Å²) in [6.45, 7) is 16.4. The molecule has 2 saturated heterocycles. The molecular weight excluding hydrogens is 626 g/mol. The first-order valence-electron chi connectivity index (χ1n) is 16.8. The van der Waals surface area contributed by atoms with Crippen molar-refractivity contribution in [2.24, 2.45) is 39.7 Å². The van der Waals surface area contributed by atoms with Crippen LogP contribution in [0, 0.1) is 34.0 Å². The Balaban J connectivity index is 1.52. The Hall–Kier alpha value is -2.49. The molecular formula is C32H57N7O7S. The number of fused-ring (bicyclic) bond motifs is 1. The fraction of sp³-hybridized carbons (Fsp3) is 0.875. The van der Waals surface area contributed by atoms with Crippen molar-refractivity contribution in [2.75, 3.05) is 33.2 Å². The van der Waals surface area contributed by atoms with E-state index in [1.165, 1.54) is 20.6 Å². The highest BCUT2D eigenvalue weighted by Gasteiger charge is 2.70. The van der Waals surface area contributed by atoms with Gasteiger partial charge >= 0.3 is 6.03 Å². The molecule has 2 heterocycles. The number of hydrogen-bond donors (Lipinski definition) is 5. The van der Waals surface area contributed by atoms with E-state index in [0.29, 0.717) is 26.1 Å². The first-order valence-corrected chi connectivity index (χ1v) is 18.2. The van der Waals surface area contributed by atoms with Gasteiger partial charge in [-0.25, -0.2) is 4.79 Å². The molecule has 14 nitrogen and oxygen atoms in total. The van der Waals surface area contributed by atoms with E-state index >= 15 is 0 Å². The molecule has 6 N–H and O–H groups in total. The summed E-state index contributed by atoms with van der Waals surface area (Å²) in [4.78, 5) is 55.4. The average Bonchev–Trinajstić information content (AvgIpc) is 3.18. The van der Waals surface area contributed by atoms with Gasteiger partial charge in [-0.15, -0.1) is 0 Å². The Kier molecular flexibility index (Phi) is 10.4. The first-order chi connectivity index (χ1) is 21.5. The van der Waals surface area contributed by atoms with Crippen LogP contribution >= 0.6 is 0 Å². The van der Waals surface area contributed by atoms with E-state index in [1.54, 1.807) is 0 Å². The minimum Gasteiger partial charge on any atom is -0.381 e. The van der Waals surface area contributed by atoms with Gasteiger partial charge in [-0.2, -0.15) is 17.0 Å². The van der Waals surface area contributed by atoms with Crippen LogP contribution in [-0.2, 0) is 24.6 Å². The van der Waals surface area contributed by atoms with Crippen molar-refractivity contribution < 1.29 is 32.7 Å². The molecule has 0 radical (unpaired) electrons. The third-order valence-corrected chi connectivity index (χ3v) is 13.0. The summed E-state index contributed by atoms with van der Waals surface area (Å²) in [5.41, 5.74) is 3.99. The fourth-order valence-electron chi connectivity index (χ4n) is 7.38. The Morgan fingerprint density at radius 3 is 2.06 bits per heavy atom. The summed E-state index contributed by atoms with van der Waals surface area (Å²) in [5, 5.41) is 19.3. The number of piperidine rings is 1.